The Hall–Kier alpha value is -1.82. The maximum absolute atomic E-state index is 11.7. The molecule has 0 aliphatic carbocycles. The highest BCUT2D eigenvalue weighted by molar-refractivity contribution is 5.72. The summed E-state index contributed by atoms with van der Waals surface area (Å²) in [4.78, 5) is 25.4. The van der Waals surface area contributed by atoms with Crippen LogP contribution in [-0.2, 0) is 11.3 Å². The van der Waals surface area contributed by atoms with E-state index in [0.717, 1.165) is 25.9 Å². The lowest BCUT2D eigenvalue weighted by molar-refractivity contribution is -0.142. The number of rotatable bonds is 5. The first-order valence-electron chi connectivity index (χ1n) is 7.29. The number of aliphatic carboxylic acids is 1. The highest BCUT2D eigenvalue weighted by atomic mass is 16.4. The van der Waals surface area contributed by atoms with E-state index >= 15 is 0 Å². The van der Waals surface area contributed by atoms with Crippen LogP contribution in [-0.4, -0.2) is 38.7 Å². The Bertz CT molecular complexity index is 574. The molecule has 1 fully saturated rings. The van der Waals surface area contributed by atoms with Gasteiger partial charge in [-0.1, -0.05) is 13.8 Å². The fraction of sp³-hybridized carbons (Fsp3) is 0.600. The van der Waals surface area contributed by atoms with Gasteiger partial charge < -0.3 is 14.8 Å². The lowest BCUT2D eigenvalue weighted by Crippen LogP contribution is -2.30. The third-order valence-electron chi connectivity index (χ3n) is 3.91. The van der Waals surface area contributed by atoms with Gasteiger partial charge in [0.25, 0.3) is 0 Å². The van der Waals surface area contributed by atoms with Crippen molar-refractivity contribution in [3.8, 4) is 5.75 Å². The van der Waals surface area contributed by atoms with Crippen LogP contribution in [0.25, 0.3) is 0 Å². The Morgan fingerprint density at radius 1 is 1.33 bits per heavy atom. The maximum Gasteiger partial charge on any atom is 0.326 e. The predicted octanol–water partition coefficient (Wildman–Crippen LogP) is 1.43. The molecule has 0 amide bonds. The second-order valence-corrected chi connectivity index (χ2v) is 5.93. The lowest BCUT2D eigenvalue weighted by Gasteiger charge is -2.26. The Kier molecular flexibility index (Phi) is 4.67. The molecule has 0 radical (unpaired) electrons. The van der Waals surface area contributed by atoms with Crippen molar-refractivity contribution in [3.05, 3.63) is 28.2 Å². The quantitative estimate of drug-likeness (QED) is 0.858. The van der Waals surface area contributed by atoms with Crippen molar-refractivity contribution in [2.24, 2.45) is 5.92 Å². The van der Waals surface area contributed by atoms with Crippen LogP contribution in [0.1, 0.15) is 38.4 Å². The number of hydrogen-bond acceptors (Lipinski definition) is 4. The minimum absolute atomic E-state index is 0.151. The summed E-state index contributed by atoms with van der Waals surface area (Å²) in [5.41, 5.74) is 0.175. The number of likely N-dealkylation sites (tertiary alicyclic amines) is 1. The van der Waals surface area contributed by atoms with E-state index in [1.165, 1.54) is 16.8 Å². The average molecular weight is 294 g/mol. The first kappa shape index (κ1) is 15.6. The molecule has 0 aromatic carbocycles. The van der Waals surface area contributed by atoms with E-state index in [1.807, 2.05) is 13.8 Å². The molecule has 116 valence electrons. The summed E-state index contributed by atoms with van der Waals surface area (Å²) in [6.45, 7) is 6.07. The zero-order chi connectivity index (χ0) is 15.6. The van der Waals surface area contributed by atoms with Gasteiger partial charge in [0.2, 0.25) is 5.43 Å². The van der Waals surface area contributed by atoms with Crippen LogP contribution in [0.2, 0.25) is 0 Å². The van der Waals surface area contributed by atoms with Gasteiger partial charge in [-0.15, -0.1) is 0 Å². The molecule has 0 bridgehead atoms. The summed E-state index contributed by atoms with van der Waals surface area (Å²) >= 11 is 0. The van der Waals surface area contributed by atoms with E-state index in [-0.39, 0.29) is 5.92 Å². The highest BCUT2D eigenvalue weighted by Crippen LogP contribution is 2.23. The molecule has 2 heterocycles. The summed E-state index contributed by atoms with van der Waals surface area (Å²) in [5.74, 6) is -1.52. The first-order chi connectivity index (χ1) is 9.90. The number of hydrogen-bond donors (Lipinski definition) is 2. The monoisotopic (exact) mass is 294 g/mol. The van der Waals surface area contributed by atoms with Crippen LogP contribution >= 0.6 is 0 Å². The molecule has 6 heteroatoms. The average Bonchev–Trinajstić information content (AvgIpc) is 2.87. The van der Waals surface area contributed by atoms with Crippen LogP contribution in [0.3, 0.4) is 0 Å². The van der Waals surface area contributed by atoms with E-state index in [9.17, 15) is 19.8 Å². The van der Waals surface area contributed by atoms with Gasteiger partial charge in [-0.2, -0.15) is 0 Å². The van der Waals surface area contributed by atoms with Crippen molar-refractivity contribution in [2.45, 2.75) is 39.3 Å². The molecular formula is C15H22N2O4. The second kappa shape index (κ2) is 6.30. The van der Waals surface area contributed by atoms with Crippen LogP contribution in [0, 0.1) is 5.92 Å². The minimum atomic E-state index is -0.962. The number of aromatic nitrogens is 1. The first-order valence-corrected chi connectivity index (χ1v) is 7.29. The third-order valence-corrected chi connectivity index (χ3v) is 3.91. The third kappa shape index (κ3) is 3.44. The smallest absolute Gasteiger partial charge is 0.326 e. The van der Waals surface area contributed by atoms with Crippen LogP contribution < -0.4 is 5.43 Å². The topological polar surface area (TPSA) is 82.8 Å². The molecule has 1 unspecified atom stereocenters. The molecule has 0 saturated carbocycles. The number of carboxylic acid groups (broad SMARTS) is 1. The van der Waals surface area contributed by atoms with Gasteiger partial charge in [0.15, 0.2) is 5.75 Å². The van der Waals surface area contributed by atoms with Crippen LogP contribution in [0.4, 0.5) is 0 Å². The van der Waals surface area contributed by atoms with Gasteiger partial charge >= 0.3 is 5.97 Å². The van der Waals surface area contributed by atoms with Gasteiger partial charge in [-0.3, -0.25) is 9.69 Å². The summed E-state index contributed by atoms with van der Waals surface area (Å²) in [6.07, 6.45) is 3.50. The van der Waals surface area contributed by atoms with Crippen molar-refractivity contribution in [1.82, 2.24) is 9.47 Å². The molecule has 1 aliphatic heterocycles. The zero-order valence-corrected chi connectivity index (χ0v) is 12.5. The van der Waals surface area contributed by atoms with E-state index in [1.54, 1.807) is 0 Å². The van der Waals surface area contributed by atoms with Crippen molar-refractivity contribution >= 4 is 5.97 Å². The Morgan fingerprint density at radius 2 is 1.95 bits per heavy atom. The summed E-state index contributed by atoms with van der Waals surface area (Å²) in [7, 11) is 0. The van der Waals surface area contributed by atoms with E-state index in [2.05, 4.69) is 4.90 Å². The standard InChI is InChI=1S/C15H22N2O4/c1-10(2)14(15(20)21)17-9-13(19)12(18)7-11(17)8-16-5-3-4-6-16/h7,9-10,14,19H,3-6,8H2,1-2H3,(H,20,21). The molecule has 1 aliphatic rings. The maximum atomic E-state index is 11.7. The normalized spacial score (nSPS) is 17.3. The number of aromatic hydroxyl groups is 1. The van der Waals surface area contributed by atoms with Crippen molar-refractivity contribution in [2.75, 3.05) is 13.1 Å². The Labute approximate surface area is 123 Å². The van der Waals surface area contributed by atoms with Gasteiger partial charge in [0.1, 0.15) is 6.04 Å². The fourth-order valence-corrected chi connectivity index (χ4v) is 2.86. The number of carbonyl (C=O) groups is 1. The van der Waals surface area contributed by atoms with E-state index in [0.29, 0.717) is 12.2 Å². The molecule has 21 heavy (non-hydrogen) atoms. The fourth-order valence-electron chi connectivity index (χ4n) is 2.86. The zero-order valence-electron chi connectivity index (χ0n) is 12.5. The largest absolute Gasteiger partial charge is 0.503 e. The Balaban J connectivity index is 2.43. The molecule has 2 N–H and O–H groups in total. The molecule has 1 aromatic rings. The number of carboxylic acids is 1. The van der Waals surface area contributed by atoms with Crippen molar-refractivity contribution in [3.63, 3.8) is 0 Å². The second-order valence-electron chi connectivity index (χ2n) is 5.93. The van der Waals surface area contributed by atoms with E-state index in [4.69, 9.17) is 0 Å². The summed E-state index contributed by atoms with van der Waals surface area (Å²) < 4.78 is 1.53. The lowest BCUT2D eigenvalue weighted by atomic mass is 10.0. The minimum Gasteiger partial charge on any atom is -0.503 e. The van der Waals surface area contributed by atoms with Crippen LogP contribution in [0.5, 0.6) is 5.75 Å². The SMILES string of the molecule is CC(C)C(C(=O)O)n1cc(O)c(=O)cc1CN1CCCC1. The summed E-state index contributed by atoms with van der Waals surface area (Å²) in [5, 5.41) is 19.1. The molecule has 1 saturated heterocycles. The molecule has 1 aromatic heterocycles. The van der Waals surface area contributed by atoms with Gasteiger partial charge in [-0.05, 0) is 31.8 Å². The highest BCUT2D eigenvalue weighted by Gasteiger charge is 2.26. The number of pyridine rings is 1. The van der Waals surface area contributed by atoms with Gasteiger partial charge in [-0.25, -0.2) is 4.79 Å². The Morgan fingerprint density at radius 3 is 2.48 bits per heavy atom. The number of nitrogens with zero attached hydrogens (tertiary/aromatic N) is 2. The molecule has 1 atom stereocenters. The van der Waals surface area contributed by atoms with Crippen molar-refractivity contribution < 1.29 is 15.0 Å². The molecular weight excluding hydrogens is 272 g/mol. The molecule has 2 rings (SSSR count). The van der Waals surface area contributed by atoms with Gasteiger partial charge in [0.05, 0.1) is 6.20 Å². The van der Waals surface area contributed by atoms with Crippen LogP contribution in [0.15, 0.2) is 17.1 Å². The summed E-state index contributed by atoms with van der Waals surface area (Å²) in [6, 6.07) is 0.556. The predicted molar refractivity (Wildman–Crippen MR) is 78.4 cm³/mol. The van der Waals surface area contributed by atoms with Crippen molar-refractivity contribution in [1.29, 1.82) is 0 Å². The van der Waals surface area contributed by atoms with E-state index < -0.39 is 23.2 Å². The molecule has 6 nitrogen and oxygen atoms in total. The molecule has 0 spiro atoms. The van der Waals surface area contributed by atoms with Gasteiger partial charge in [0, 0.05) is 18.3 Å².